The molecule has 4 rings (SSSR count). The highest BCUT2D eigenvalue weighted by Gasteiger charge is 2.16. The number of aryl methyl sites for hydroxylation is 2. The molecule has 2 aromatic heterocycles. The zero-order valence-electron chi connectivity index (χ0n) is 16.1. The molecule has 8 nitrogen and oxygen atoms in total. The molecular weight excluding hydrogens is 404 g/mol. The van der Waals surface area contributed by atoms with Crippen molar-refractivity contribution in [1.29, 1.82) is 0 Å². The van der Waals surface area contributed by atoms with Crippen molar-refractivity contribution >= 4 is 44.7 Å². The molecule has 0 bridgehead atoms. The van der Waals surface area contributed by atoms with E-state index in [-0.39, 0.29) is 16.8 Å². The highest BCUT2D eigenvalue weighted by Crippen LogP contribution is 2.23. The number of carbonyl (C=O) groups excluding carboxylic acids is 1. The molecule has 0 aliphatic heterocycles. The number of nitrogens with one attached hydrogen (secondary N) is 1. The molecule has 0 saturated heterocycles. The number of aromatic nitrogens is 1. The number of carbonyl (C=O) groups is 1. The Hall–Kier alpha value is -3.85. The fourth-order valence-corrected chi connectivity index (χ4v) is 3.40. The van der Waals surface area contributed by atoms with Crippen LogP contribution in [0.15, 0.2) is 63.5 Å². The summed E-state index contributed by atoms with van der Waals surface area (Å²) < 4.78 is 5.90. The predicted octanol–water partition coefficient (Wildman–Crippen LogP) is 4.90. The van der Waals surface area contributed by atoms with E-state index in [2.05, 4.69) is 15.3 Å². The highest BCUT2D eigenvalue weighted by molar-refractivity contribution is 7.13. The summed E-state index contributed by atoms with van der Waals surface area (Å²) >= 11 is 1.28. The average molecular weight is 420 g/mol. The number of nitrogens with zero attached hydrogens (tertiary/aromatic N) is 3. The van der Waals surface area contributed by atoms with E-state index in [0.29, 0.717) is 21.8 Å². The lowest BCUT2D eigenvalue weighted by Crippen LogP contribution is -2.21. The molecule has 1 N–H and O–H groups in total. The molecule has 1 amide bonds. The van der Waals surface area contributed by atoms with Crippen molar-refractivity contribution in [2.75, 3.05) is 5.32 Å². The topological polar surface area (TPSA) is 111 Å². The van der Waals surface area contributed by atoms with E-state index in [0.717, 1.165) is 11.1 Å². The van der Waals surface area contributed by atoms with Crippen LogP contribution in [0.25, 0.3) is 11.0 Å². The first-order chi connectivity index (χ1) is 14.4. The summed E-state index contributed by atoms with van der Waals surface area (Å²) in [6.45, 7) is 3.86. The predicted molar refractivity (Wildman–Crippen MR) is 114 cm³/mol. The summed E-state index contributed by atoms with van der Waals surface area (Å²) in [6, 6.07) is 11.6. The van der Waals surface area contributed by atoms with Gasteiger partial charge in [0.1, 0.15) is 11.1 Å². The lowest BCUT2D eigenvalue weighted by Gasteiger charge is -2.06. The Kier molecular flexibility index (Phi) is 5.11. The largest absolute Gasteiger partial charge is 0.438 e. The number of fused-ring (bicyclic) bond motifs is 1. The first kappa shape index (κ1) is 19.5. The van der Waals surface area contributed by atoms with E-state index in [1.54, 1.807) is 17.6 Å². The summed E-state index contributed by atoms with van der Waals surface area (Å²) in [6.07, 6.45) is 1.58. The van der Waals surface area contributed by atoms with Crippen LogP contribution < -0.4 is 10.9 Å². The number of hydrogen-bond donors (Lipinski definition) is 1. The van der Waals surface area contributed by atoms with Gasteiger partial charge in [-0.2, -0.15) is 0 Å². The first-order valence-corrected chi connectivity index (χ1v) is 9.84. The van der Waals surface area contributed by atoms with Gasteiger partial charge >= 0.3 is 0 Å². The molecule has 9 heteroatoms. The number of hydrogen-bond acceptors (Lipinski definition) is 7. The van der Waals surface area contributed by atoms with Crippen molar-refractivity contribution in [2.24, 2.45) is 4.99 Å². The van der Waals surface area contributed by atoms with Crippen LogP contribution >= 0.6 is 11.3 Å². The Balaban J connectivity index is 1.93. The Morgan fingerprint density at radius 3 is 2.77 bits per heavy atom. The maximum Gasteiger partial charge on any atom is 0.270 e. The lowest BCUT2D eigenvalue weighted by atomic mass is 10.1. The van der Waals surface area contributed by atoms with Crippen molar-refractivity contribution in [2.45, 2.75) is 13.8 Å². The number of benzene rings is 2. The molecule has 4 aromatic rings. The van der Waals surface area contributed by atoms with Gasteiger partial charge in [-0.15, -0.1) is 11.3 Å². The molecule has 0 aliphatic carbocycles. The van der Waals surface area contributed by atoms with Crippen molar-refractivity contribution < 1.29 is 14.1 Å². The summed E-state index contributed by atoms with van der Waals surface area (Å²) in [7, 11) is 0. The van der Waals surface area contributed by atoms with E-state index in [1.807, 2.05) is 32.0 Å². The smallest absolute Gasteiger partial charge is 0.270 e. The van der Waals surface area contributed by atoms with Crippen LogP contribution in [-0.2, 0) is 0 Å². The summed E-state index contributed by atoms with van der Waals surface area (Å²) in [5.41, 5.74) is 3.16. The van der Waals surface area contributed by atoms with Gasteiger partial charge in [0.05, 0.1) is 10.6 Å². The molecule has 2 aromatic carbocycles. The quantitative estimate of drug-likeness (QED) is 0.373. The van der Waals surface area contributed by atoms with E-state index in [9.17, 15) is 14.9 Å². The molecule has 0 aliphatic rings. The van der Waals surface area contributed by atoms with Gasteiger partial charge in [-0.3, -0.25) is 20.2 Å². The van der Waals surface area contributed by atoms with Crippen molar-refractivity contribution in [3.63, 3.8) is 0 Å². The third kappa shape index (κ3) is 3.96. The monoisotopic (exact) mass is 420 g/mol. The van der Waals surface area contributed by atoms with Gasteiger partial charge in [-0.1, -0.05) is 12.1 Å². The third-order valence-electron chi connectivity index (χ3n) is 4.43. The molecule has 150 valence electrons. The van der Waals surface area contributed by atoms with Crippen molar-refractivity contribution in [3.05, 3.63) is 86.4 Å². The van der Waals surface area contributed by atoms with Gasteiger partial charge in [-0.25, -0.2) is 9.98 Å². The molecular formula is C21H16N4O4S. The molecule has 2 heterocycles. The number of rotatable bonds is 4. The fraction of sp³-hybridized carbons (Fsp3) is 0.0952. The van der Waals surface area contributed by atoms with Crippen molar-refractivity contribution in [1.82, 2.24) is 4.98 Å². The summed E-state index contributed by atoms with van der Waals surface area (Å²) in [5.74, 6) is -0.467. The first-order valence-electron chi connectivity index (χ1n) is 8.96. The van der Waals surface area contributed by atoms with Gasteiger partial charge in [-0.05, 0) is 43.2 Å². The van der Waals surface area contributed by atoms with Gasteiger partial charge in [0.2, 0.25) is 5.55 Å². The molecule has 30 heavy (non-hydrogen) atoms. The van der Waals surface area contributed by atoms with E-state index in [1.165, 1.54) is 29.5 Å². The minimum atomic E-state index is -0.497. The van der Waals surface area contributed by atoms with Crippen LogP contribution in [0.3, 0.4) is 0 Å². The molecule has 0 atom stereocenters. The number of anilines is 1. The second-order valence-electron chi connectivity index (χ2n) is 6.64. The number of amides is 1. The van der Waals surface area contributed by atoms with Crippen LogP contribution in [0.1, 0.15) is 21.5 Å². The molecule has 0 radical (unpaired) electrons. The number of nitro groups is 1. The molecule has 0 spiro atoms. The molecule has 0 fully saturated rings. The van der Waals surface area contributed by atoms with Crippen LogP contribution in [0.5, 0.6) is 0 Å². The zero-order chi connectivity index (χ0) is 21.3. The van der Waals surface area contributed by atoms with Crippen molar-refractivity contribution in [3.8, 4) is 0 Å². The van der Waals surface area contributed by atoms with Gasteiger partial charge < -0.3 is 4.42 Å². The summed E-state index contributed by atoms with van der Waals surface area (Å²) in [5, 5.41) is 16.4. The Bertz CT molecular complexity index is 1340. The standard InChI is InChI=1S/C21H16N4O4S/c1-12-3-4-13(2)17(9-12)23-20-16(19(26)24-21-22-7-8-30-21)11-14-10-15(25(27)28)5-6-18(14)29-20/h3-11H,1-2H3,(H,22,24,26). The van der Waals surface area contributed by atoms with Gasteiger partial charge in [0.25, 0.3) is 11.6 Å². The Labute approximate surface area is 174 Å². The third-order valence-corrected chi connectivity index (χ3v) is 5.11. The van der Waals surface area contributed by atoms with E-state index >= 15 is 0 Å². The number of non-ortho nitro benzene ring substituents is 1. The van der Waals surface area contributed by atoms with Crippen LogP contribution in [0, 0.1) is 24.0 Å². The maximum atomic E-state index is 12.9. The minimum absolute atomic E-state index is 0.0943. The zero-order valence-corrected chi connectivity index (χ0v) is 16.9. The average Bonchev–Trinajstić information content (AvgIpc) is 3.22. The normalized spacial score (nSPS) is 11.6. The lowest BCUT2D eigenvalue weighted by molar-refractivity contribution is -0.384. The van der Waals surface area contributed by atoms with Crippen LogP contribution in [0.4, 0.5) is 16.5 Å². The minimum Gasteiger partial charge on any atom is -0.438 e. The Morgan fingerprint density at radius 2 is 2.03 bits per heavy atom. The molecule has 0 unspecified atom stereocenters. The second kappa shape index (κ2) is 7.88. The SMILES string of the molecule is Cc1ccc(C)c(N=c2oc3ccc([N+](=O)[O-])cc3cc2C(=O)Nc2nccs2)c1. The van der Waals surface area contributed by atoms with Gasteiger partial charge in [0, 0.05) is 29.1 Å². The number of thiazole rings is 1. The van der Waals surface area contributed by atoms with Crippen LogP contribution in [-0.4, -0.2) is 15.8 Å². The van der Waals surface area contributed by atoms with E-state index in [4.69, 9.17) is 4.42 Å². The Morgan fingerprint density at radius 1 is 1.20 bits per heavy atom. The summed E-state index contributed by atoms with van der Waals surface area (Å²) in [4.78, 5) is 32.2. The van der Waals surface area contributed by atoms with Gasteiger partial charge in [0.15, 0.2) is 5.13 Å². The fourth-order valence-electron chi connectivity index (χ4n) is 2.88. The van der Waals surface area contributed by atoms with Crippen LogP contribution in [0.2, 0.25) is 0 Å². The second-order valence-corrected chi connectivity index (χ2v) is 7.53. The maximum absolute atomic E-state index is 12.9. The highest BCUT2D eigenvalue weighted by atomic mass is 32.1. The van der Waals surface area contributed by atoms with E-state index < -0.39 is 10.8 Å². The molecule has 0 saturated carbocycles. The number of nitro benzene ring substituents is 1.